The first kappa shape index (κ1) is 55.3. The van der Waals surface area contributed by atoms with E-state index in [9.17, 15) is 44.6 Å². The van der Waals surface area contributed by atoms with Gasteiger partial charge in [0, 0.05) is 12.8 Å². The van der Waals surface area contributed by atoms with Crippen LogP contribution in [-0.4, -0.2) is 98.3 Å². The minimum absolute atomic E-state index is 0.0974. The molecule has 13 nitrogen and oxygen atoms in total. The number of ether oxygens (including phenoxy) is 2. The fourth-order valence-electron chi connectivity index (χ4n) is 7.04. The molecule has 14 heteroatoms. The van der Waals surface area contributed by atoms with Crippen molar-refractivity contribution in [1.29, 1.82) is 0 Å². The van der Waals surface area contributed by atoms with Gasteiger partial charge in [-0.25, -0.2) is 4.57 Å². The first-order valence-electron chi connectivity index (χ1n) is 23.2. The minimum Gasteiger partial charge on any atom is -0.462 e. The molecule has 0 aromatic carbocycles. The van der Waals surface area contributed by atoms with E-state index in [2.05, 4.69) is 38.2 Å². The lowest BCUT2D eigenvalue weighted by Crippen LogP contribution is -2.64. The molecular formula is C45H83O13P. The average Bonchev–Trinajstić information content (AvgIpc) is 3.21. The Morgan fingerprint density at radius 2 is 0.898 bits per heavy atom. The van der Waals surface area contributed by atoms with Crippen molar-refractivity contribution in [2.24, 2.45) is 0 Å². The number of aliphatic hydroxyl groups excluding tert-OH is 5. The third-order valence-electron chi connectivity index (χ3n) is 10.8. The van der Waals surface area contributed by atoms with Crippen molar-refractivity contribution in [3.05, 3.63) is 24.3 Å². The lowest BCUT2D eigenvalue weighted by atomic mass is 9.85. The van der Waals surface area contributed by atoms with Crippen molar-refractivity contribution in [2.45, 2.75) is 236 Å². The van der Waals surface area contributed by atoms with Crippen LogP contribution in [0.1, 0.15) is 194 Å². The fourth-order valence-corrected chi connectivity index (χ4v) is 8.02. The predicted octanol–water partition coefficient (Wildman–Crippen LogP) is 8.84. The summed E-state index contributed by atoms with van der Waals surface area (Å²) in [6.07, 6.45) is 25.1. The molecule has 0 aromatic heterocycles. The molecule has 0 saturated heterocycles. The van der Waals surface area contributed by atoms with E-state index >= 15 is 0 Å². The summed E-state index contributed by atoms with van der Waals surface area (Å²) in [5.74, 6) is -1.11. The van der Waals surface area contributed by atoms with Crippen molar-refractivity contribution in [3.8, 4) is 0 Å². The number of aliphatic hydroxyl groups is 5. The molecule has 6 unspecified atom stereocenters. The van der Waals surface area contributed by atoms with Crippen LogP contribution in [0.3, 0.4) is 0 Å². The highest BCUT2D eigenvalue weighted by Crippen LogP contribution is 2.47. The van der Waals surface area contributed by atoms with Gasteiger partial charge >= 0.3 is 19.8 Å². The van der Waals surface area contributed by atoms with E-state index in [1.54, 1.807) is 0 Å². The Labute approximate surface area is 356 Å². The van der Waals surface area contributed by atoms with Gasteiger partial charge in [-0.1, -0.05) is 167 Å². The van der Waals surface area contributed by atoms with E-state index < -0.39 is 75.7 Å². The zero-order valence-electron chi connectivity index (χ0n) is 36.6. The predicted molar refractivity (Wildman–Crippen MR) is 230 cm³/mol. The summed E-state index contributed by atoms with van der Waals surface area (Å²) in [5.41, 5.74) is 0. The van der Waals surface area contributed by atoms with Crippen LogP contribution in [-0.2, 0) is 32.7 Å². The molecule has 1 aliphatic rings. The molecule has 8 atom stereocenters. The molecule has 1 fully saturated rings. The summed E-state index contributed by atoms with van der Waals surface area (Å²) < 4.78 is 33.5. The molecule has 346 valence electrons. The van der Waals surface area contributed by atoms with Gasteiger partial charge in [0.05, 0.1) is 6.61 Å². The molecule has 1 saturated carbocycles. The quantitative estimate of drug-likeness (QED) is 0.0149. The zero-order valence-corrected chi connectivity index (χ0v) is 37.4. The minimum atomic E-state index is -5.12. The molecule has 0 heterocycles. The van der Waals surface area contributed by atoms with Crippen LogP contribution in [0.2, 0.25) is 0 Å². The second kappa shape index (κ2) is 35.9. The number of phosphoric acid groups is 1. The van der Waals surface area contributed by atoms with Gasteiger partial charge in [0.2, 0.25) is 0 Å². The smallest absolute Gasteiger partial charge is 0.462 e. The highest BCUT2D eigenvalue weighted by atomic mass is 31.2. The molecular weight excluding hydrogens is 779 g/mol. The number of hydrogen-bond donors (Lipinski definition) is 6. The zero-order chi connectivity index (χ0) is 43.6. The van der Waals surface area contributed by atoms with Gasteiger partial charge in [-0.05, 0) is 38.5 Å². The van der Waals surface area contributed by atoms with Crippen LogP contribution >= 0.6 is 7.82 Å². The molecule has 0 spiro atoms. The number of esters is 2. The van der Waals surface area contributed by atoms with Gasteiger partial charge in [0.15, 0.2) is 6.10 Å². The second-order valence-electron chi connectivity index (χ2n) is 16.3. The Kier molecular flexibility index (Phi) is 33.7. The molecule has 0 aliphatic heterocycles. The van der Waals surface area contributed by atoms with Crippen LogP contribution in [0.4, 0.5) is 0 Å². The van der Waals surface area contributed by atoms with Crippen LogP contribution in [0.15, 0.2) is 24.3 Å². The Morgan fingerprint density at radius 1 is 0.525 bits per heavy atom. The Hall–Kier alpha value is -1.67. The van der Waals surface area contributed by atoms with E-state index in [1.807, 2.05) is 0 Å². The van der Waals surface area contributed by atoms with Crippen LogP contribution in [0.5, 0.6) is 0 Å². The topological polar surface area (TPSA) is 210 Å². The molecule has 0 radical (unpaired) electrons. The van der Waals surface area contributed by atoms with E-state index in [0.29, 0.717) is 12.8 Å². The largest absolute Gasteiger partial charge is 0.472 e. The number of allylic oxidation sites excluding steroid dienone is 4. The van der Waals surface area contributed by atoms with Crippen LogP contribution in [0, 0.1) is 0 Å². The lowest BCUT2D eigenvalue weighted by molar-refractivity contribution is -0.220. The van der Waals surface area contributed by atoms with Gasteiger partial charge in [-0.2, -0.15) is 0 Å². The maximum Gasteiger partial charge on any atom is 0.472 e. The van der Waals surface area contributed by atoms with Gasteiger partial charge < -0.3 is 39.9 Å². The monoisotopic (exact) mass is 863 g/mol. The summed E-state index contributed by atoms with van der Waals surface area (Å²) in [5, 5.41) is 50.1. The van der Waals surface area contributed by atoms with E-state index in [0.717, 1.165) is 64.2 Å². The van der Waals surface area contributed by atoms with Crippen molar-refractivity contribution in [3.63, 3.8) is 0 Å². The molecule has 0 amide bonds. The molecule has 1 aliphatic carbocycles. The van der Waals surface area contributed by atoms with Gasteiger partial charge in [-0.3, -0.25) is 18.6 Å². The number of rotatable bonds is 38. The van der Waals surface area contributed by atoms with Gasteiger partial charge in [0.1, 0.15) is 43.2 Å². The van der Waals surface area contributed by atoms with Gasteiger partial charge in [-0.15, -0.1) is 0 Å². The summed E-state index contributed by atoms with van der Waals surface area (Å²) >= 11 is 0. The van der Waals surface area contributed by atoms with E-state index in [-0.39, 0.29) is 12.8 Å². The molecule has 1 rings (SSSR count). The molecule has 0 aromatic rings. The number of unbranched alkanes of at least 4 members (excludes halogenated alkanes) is 23. The highest BCUT2D eigenvalue weighted by molar-refractivity contribution is 7.47. The van der Waals surface area contributed by atoms with Crippen LogP contribution in [0.25, 0.3) is 0 Å². The second-order valence-corrected chi connectivity index (χ2v) is 17.7. The summed E-state index contributed by atoms with van der Waals surface area (Å²) in [4.78, 5) is 35.7. The maximum absolute atomic E-state index is 12.8. The average molecular weight is 863 g/mol. The third kappa shape index (κ3) is 28.5. The number of carbonyl (C=O) groups excluding carboxylic acids is 2. The van der Waals surface area contributed by atoms with E-state index in [4.69, 9.17) is 18.5 Å². The fraction of sp³-hybridized carbons (Fsp3) is 0.867. The van der Waals surface area contributed by atoms with Crippen molar-refractivity contribution < 1.29 is 63.1 Å². The van der Waals surface area contributed by atoms with Crippen molar-refractivity contribution in [1.82, 2.24) is 0 Å². The normalized spacial score (nSPS) is 22.5. The molecule has 59 heavy (non-hydrogen) atoms. The summed E-state index contributed by atoms with van der Waals surface area (Å²) in [7, 11) is -5.12. The summed E-state index contributed by atoms with van der Waals surface area (Å²) in [6.45, 7) is 3.27. The Balaban J connectivity index is 2.47. The Bertz CT molecular complexity index is 1130. The molecule has 0 bridgehead atoms. The lowest BCUT2D eigenvalue weighted by Gasteiger charge is -2.41. The van der Waals surface area contributed by atoms with E-state index in [1.165, 1.54) is 89.9 Å². The van der Waals surface area contributed by atoms with Crippen molar-refractivity contribution >= 4 is 19.8 Å². The first-order chi connectivity index (χ1) is 28.4. The molecule has 6 N–H and O–H groups in total. The SMILES string of the molecule is CCCCCC/C=C/C=C/CCCCCCCC(=O)OC[C@H](COP(=O)(O)OC1C(O)C(O)C(O)[C@@H](O)C1O)OC(=O)CCCCCCCCCCCCCCCCC. The standard InChI is InChI=1S/C45H83O13P/c1-3-5-7-9-11-13-15-17-19-21-23-25-27-29-31-33-38(46)55-35-37(36-56-59(53,54)58-45-43(51)41(49)40(48)42(50)44(45)52)57-39(47)34-32-30-28-26-24-22-20-18-16-14-12-10-8-6-4-2/h13,15,17,19,37,40-45,48-52H,3-12,14,16,18,20-36H2,1-2H3,(H,53,54)/b15-13+,19-17+/t37-,40?,41-,42?,43?,44?,45?/m1/s1. The Morgan fingerprint density at radius 3 is 1.36 bits per heavy atom. The van der Waals surface area contributed by atoms with Crippen molar-refractivity contribution in [2.75, 3.05) is 13.2 Å². The maximum atomic E-state index is 12.8. The summed E-state index contributed by atoms with van der Waals surface area (Å²) in [6, 6.07) is 0. The highest BCUT2D eigenvalue weighted by Gasteiger charge is 2.51. The number of phosphoric ester groups is 1. The third-order valence-corrected chi connectivity index (χ3v) is 11.8. The van der Waals surface area contributed by atoms with Crippen LogP contribution < -0.4 is 0 Å². The van der Waals surface area contributed by atoms with Gasteiger partial charge in [0.25, 0.3) is 0 Å². The number of hydrogen-bond acceptors (Lipinski definition) is 12. The first-order valence-corrected chi connectivity index (χ1v) is 24.7. The number of carbonyl (C=O) groups is 2.